The molecule has 0 aromatic rings. The molecule has 0 rings (SSSR count). The van der Waals surface area contributed by atoms with Gasteiger partial charge in [-0.25, -0.2) is 0 Å². The first-order valence-electron chi connectivity index (χ1n) is 20.4. The predicted octanol–water partition coefficient (Wildman–Crippen LogP) is 14.0. The van der Waals surface area contributed by atoms with Gasteiger partial charge >= 0.3 is 5.97 Å². The highest BCUT2D eigenvalue weighted by Gasteiger charge is 2.05. The number of carbonyl (C=O) groups excluding carboxylic acids is 1. The molecule has 44 heavy (non-hydrogen) atoms. The minimum absolute atomic E-state index is 0.0666. The maximum atomic E-state index is 10.9. The molecule has 3 heteroatoms. The van der Waals surface area contributed by atoms with Crippen LogP contribution in [0.15, 0.2) is 0 Å². The van der Waals surface area contributed by atoms with Crippen LogP contribution in [0, 0.1) is 0 Å². The first kappa shape index (κ1) is 45.6. The summed E-state index contributed by atoms with van der Waals surface area (Å²) in [6, 6.07) is 0. The third-order valence-corrected chi connectivity index (χ3v) is 9.20. The molecule has 0 bridgehead atoms. The van der Waals surface area contributed by atoms with E-state index >= 15 is 0 Å². The standard InChI is InChI=1S/C24H51N.C17H34O2/c1-4-7-10-13-16-19-22-25(23-20-17-14-11-8-5-2)24-21-18-15-12-9-6-3;1-3-4-5-6-7-8-9-10-11-12-13-14-15-16-17(18)19-2/h4-24H2,1-3H3;3-16H2,1-2H3. The van der Waals surface area contributed by atoms with Gasteiger partial charge in [0.05, 0.1) is 7.11 Å². The van der Waals surface area contributed by atoms with Gasteiger partial charge in [0.2, 0.25) is 0 Å². The average Bonchev–Trinajstić information content (AvgIpc) is 3.04. The van der Waals surface area contributed by atoms with E-state index < -0.39 is 0 Å². The van der Waals surface area contributed by atoms with Crippen molar-refractivity contribution in [2.75, 3.05) is 26.7 Å². The summed E-state index contributed by atoms with van der Waals surface area (Å²) in [7, 11) is 1.46. The Hall–Kier alpha value is -0.570. The van der Waals surface area contributed by atoms with Crippen molar-refractivity contribution in [1.82, 2.24) is 4.90 Å². The molecule has 0 unspecified atom stereocenters. The summed E-state index contributed by atoms with van der Waals surface area (Å²) >= 11 is 0. The summed E-state index contributed by atoms with van der Waals surface area (Å²) in [4.78, 5) is 13.7. The highest BCUT2D eigenvalue weighted by Crippen LogP contribution is 2.14. The summed E-state index contributed by atoms with van der Waals surface area (Å²) in [5.41, 5.74) is 0. The van der Waals surface area contributed by atoms with Gasteiger partial charge in [0.1, 0.15) is 0 Å². The second-order valence-electron chi connectivity index (χ2n) is 13.7. The first-order valence-corrected chi connectivity index (χ1v) is 20.4. The van der Waals surface area contributed by atoms with Crippen molar-refractivity contribution in [3.05, 3.63) is 0 Å². The summed E-state index contributed by atoms with van der Waals surface area (Å²) in [5.74, 6) is -0.0666. The van der Waals surface area contributed by atoms with Crippen LogP contribution >= 0.6 is 0 Å². The molecule has 3 nitrogen and oxygen atoms in total. The van der Waals surface area contributed by atoms with Crippen LogP contribution in [0.5, 0.6) is 0 Å². The lowest BCUT2D eigenvalue weighted by atomic mass is 10.0. The van der Waals surface area contributed by atoms with E-state index in [0.29, 0.717) is 6.42 Å². The fourth-order valence-corrected chi connectivity index (χ4v) is 6.07. The van der Waals surface area contributed by atoms with Gasteiger partial charge in [-0.05, 0) is 45.3 Å². The van der Waals surface area contributed by atoms with Crippen LogP contribution in [0.25, 0.3) is 0 Å². The fourth-order valence-electron chi connectivity index (χ4n) is 6.07. The summed E-state index contributed by atoms with van der Waals surface area (Å²) < 4.78 is 4.62. The lowest BCUT2D eigenvalue weighted by molar-refractivity contribution is -0.140. The largest absolute Gasteiger partial charge is 0.469 e. The molecule has 0 aliphatic carbocycles. The van der Waals surface area contributed by atoms with Gasteiger partial charge in [-0.2, -0.15) is 0 Å². The van der Waals surface area contributed by atoms with E-state index in [1.165, 1.54) is 219 Å². The lowest BCUT2D eigenvalue weighted by Crippen LogP contribution is -2.27. The van der Waals surface area contributed by atoms with Crippen LogP contribution in [-0.4, -0.2) is 37.6 Å². The van der Waals surface area contributed by atoms with E-state index in [0.717, 1.165) is 6.42 Å². The van der Waals surface area contributed by atoms with E-state index in [-0.39, 0.29) is 5.97 Å². The zero-order valence-corrected chi connectivity index (χ0v) is 31.5. The van der Waals surface area contributed by atoms with E-state index in [4.69, 9.17) is 0 Å². The molecule has 0 aromatic heterocycles. The molecule has 0 amide bonds. The van der Waals surface area contributed by atoms with E-state index in [1.807, 2.05) is 0 Å². The Morgan fingerprint density at radius 2 is 0.591 bits per heavy atom. The van der Waals surface area contributed by atoms with Crippen molar-refractivity contribution < 1.29 is 9.53 Å². The minimum atomic E-state index is -0.0666. The van der Waals surface area contributed by atoms with Crippen molar-refractivity contribution in [1.29, 1.82) is 0 Å². The Labute approximate surface area is 279 Å². The van der Waals surface area contributed by atoms with Gasteiger partial charge in [-0.3, -0.25) is 4.79 Å². The Balaban J connectivity index is 0. The number of rotatable bonds is 35. The molecule has 0 spiro atoms. The highest BCUT2D eigenvalue weighted by atomic mass is 16.5. The third kappa shape index (κ3) is 41.4. The van der Waals surface area contributed by atoms with E-state index in [2.05, 4.69) is 37.3 Å². The molecule has 0 N–H and O–H groups in total. The number of carbonyl (C=O) groups is 1. The van der Waals surface area contributed by atoms with Crippen LogP contribution < -0.4 is 0 Å². The summed E-state index contributed by atoms with van der Waals surface area (Å²) in [5, 5.41) is 0. The number of methoxy groups -OCH3 is 1. The maximum Gasteiger partial charge on any atom is 0.305 e. The van der Waals surface area contributed by atoms with Crippen molar-refractivity contribution in [2.45, 2.75) is 233 Å². The zero-order chi connectivity index (χ0) is 32.6. The molecule has 0 atom stereocenters. The number of unbranched alkanes of at least 4 members (excludes halogenated alkanes) is 27. The summed E-state index contributed by atoms with van der Waals surface area (Å²) in [6.07, 6.45) is 43.7. The van der Waals surface area contributed by atoms with Crippen LogP contribution in [0.3, 0.4) is 0 Å². The number of esters is 1. The Bertz CT molecular complexity index is 471. The number of ether oxygens (including phenoxy) is 1. The van der Waals surface area contributed by atoms with Crippen LogP contribution in [0.4, 0.5) is 0 Å². The quantitative estimate of drug-likeness (QED) is 0.0519. The van der Waals surface area contributed by atoms with E-state index in [1.54, 1.807) is 0 Å². The smallest absolute Gasteiger partial charge is 0.305 e. The molecule has 266 valence electrons. The zero-order valence-electron chi connectivity index (χ0n) is 31.5. The van der Waals surface area contributed by atoms with Crippen LogP contribution in [0.2, 0.25) is 0 Å². The van der Waals surface area contributed by atoms with Gasteiger partial charge in [0.15, 0.2) is 0 Å². The van der Waals surface area contributed by atoms with Crippen molar-refractivity contribution in [3.63, 3.8) is 0 Å². The van der Waals surface area contributed by atoms with E-state index in [9.17, 15) is 4.79 Å². The third-order valence-electron chi connectivity index (χ3n) is 9.20. The summed E-state index contributed by atoms with van der Waals surface area (Å²) in [6.45, 7) is 13.3. The van der Waals surface area contributed by atoms with Crippen molar-refractivity contribution in [3.8, 4) is 0 Å². The van der Waals surface area contributed by atoms with Crippen molar-refractivity contribution in [2.24, 2.45) is 0 Å². The molecular weight excluding hydrogens is 538 g/mol. The van der Waals surface area contributed by atoms with Gasteiger partial charge < -0.3 is 9.64 Å². The molecule has 0 fully saturated rings. The molecule has 0 aromatic carbocycles. The lowest BCUT2D eigenvalue weighted by Gasteiger charge is -2.22. The molecular formula is C41H85NO2. The molecule has 0 saturated carbocycles. The van der Waals surface area contributed by atoms with Crippen LogP contribution in [0.1, 0.15) is 233 Å². The molecule has 0 saturated heterocycles. The topological polar surface area (TPSA) is 29.5 Å². The molecule has 0 heterocycles. The Morgan fingerprint density at radius 3 is 0.841 bits per heavy atom. The SMILES string of the molecule is CCCCCCCCCCCCCCCC(=O)OC.CCCCCCCCN(CCCCCCCC)CCCCCCCC. The predicted molar refractivity (Wildman–Crippen MR) is 199 cm³/mol. The Morgan fingerprint density at radius 1 is 0.364 bits per heavy atom. The normalized spacial score (nSPS) is 11.1. The van der Waals surface area contributed by atoms with Gasteiger partial charge in [-0.1, -0.05) is 201 Å². The highest BCUT2D eigenvalue weighted by molar-refractivity contribution is 5.68. The maximum absolute atomic E-state index is 10.9. The fraction of sp³-hybridized carbons (Fsp3) is 0.976. The molecule has 0 aliphatic rings. The van der Waals surface area contributed by atoms with Gasteiger partial charge in [0, 0.05) is 6.42 Å². The molecule has 0 aliphatic heterocycles. The van der Waals surface area contributed by atoms with Crippen molar-refractivity contribution >= 4 is 5.97 Å². The number of nitrogens with zero attached hydrogens (tertiary/aromatic N) is 1. The first-order chi connectivity index (χ1) is 21.7. The molecule has 0 radical (unpaired) electrons. The average molecular weight is 624 g/mol. The second-order valence-corrected chi connectivity index (χ2v) is 13.7. The van der Waals surface area contributed by atoms with Gasteiger partial charge in [0.25, 0.3) is 0 Å². The number of hydrogen-bond acceptors (Lipinski definition) is 3. The monoisotopic (exact) mass is 624 g/mol. The second kappa shape index (κ2) is 42.4. The minimum Gasteiger partial charge on any atom is -0.469 e. The Kier molecular flexibility index (Phi) is 43.9. The number of hydrogen-bond donors (Lipinski definition) is 0. The van der Waals surface area contributed by atoms with Crippen LogP contribution in [-0.2, 0) is 9.53 Å². The van der Waals surface area contributed by atoms with Gasteiger partial charge in [-0.15, -0.1) is 0 Å².